The third-order valence-electron chi connectivity index (χ3n) is 8.88. The van der Waals surface area contributed by atoms with Crippen LogP contribution in [0, 0.1) is 0 Å². The second-order valence-electron chi connectivity index (χ2n) is 14.2. The Morgan fingerprint density at radius 2 is 0.982 bits per heavy atom. The Balaban J connectivity index is 3.66. The van der Waals surface area contributed by atoms with Crippen LogP contribution in [0.3, 0.4) is 0 Å². The number of ether oxygens (including phenoxy) is 4. The van der Waals surface area contributed by atoms with E-state index in [0.717, 1.165) is 42.8 Å². The Morgan fingerprint density at radius 1 is 0.518 bits per heavy atom. The first-order valence-electron chi connectivity index (χ1n) is 21.0. The van der Waals surface area contributed by atoms with E-state index in [0.29, 0.717) is 97.4 Å². The summed E-state index contributed by atoms with van der Waals surface area (Å²) in [5.74, 6) is 0.200. The van der Waals surface area contributed by atoms with E-state index in [4.69, 9.17) is 24.1 Å². The fraction of sp³-hybridized carbons (Fsp3) is 0.744. The summed E-state index contributed by atoms with van der Waals surface area (Å²) < 4.78 is 21.9. The molecule has 0 radical (unpaired) electrons. The maximum Gasteiger partial charge on any atom is 0.246 e. The van der Waals surface area contributed by atoms with Gasteiger partial charge in [0.2, 0.25) is 11.8 Å². The molecule has 324 valence electrons. The first kappa shape index (κ1) is 52.6. The second kappa shape index (κ2) is 38.5. The number of aliphatic hydroxyl groups is 1. The quantitative estimate of drug-likeness (QED) is 0.0304. The van der Waals surface area contributed by atoms with Crippen LogP contribution < -0.4 is 26.6 Å². The highest BCUT2D eigenvalue weighted by Gasteiger charge is 2.15. The van der Waals surface area contributed by atoms with Gasteiger partial charge in [0.1, 0.15) is 6.61 Å². The monoisotopic (exact) mass is 794 g/mol. The van der Waals surface area contributed by atoms with Crippen molar-refractivity contribution in [2.75, 3.05) is 79.0 Å². The number of ketones is 1. The highest BCUT2D eigenvalue weighted by molar-refractivity contribution is 5.81. The average molecular weight is 794 g/mol. The van der Waals surface area contributed by atoms with Crippen LogP contribution in [0.2, 0.25) is 0 Å². The van der Waals surface area contributed by atoms with Gasteiger partial charge in [0.05, 0.1) is 58.0 Å². The molecule has 0 heterocycles. The largest absolute Gasteiger partial charge is 0.513 e. The number of aliphatic hydroxyl groups excluding tert-OH is 1. The first-order valence-corrected chi connectivity index (χ1v) is 21.0. The summed E-state index contributed by atoms with van der Waals surface area (Å²) >= 11 is 0. The maximum atomic E-state index is 12.3. The maximum absolute atomic E-state index is 12.3. The first-order chi connectivity index (χ1) is 27.0. The van der Waals surface area contributed by atoms with Gasteiger partial charge in [-0.2, -0.15) is 0 Å². The Labute approximate surface area is 339 Å². The van der Waals surface area contributed by atoms with Crippen molar-refractivity contribution in [2.24, 2.45) is 0 Å². The molecule has 0 saturated heterocycles. The molecule has 0 saturated carbocycles. The van der Waals surface area contributed by atoms with Gasteiger partial charge in [-0.05, 0) is 39.0 Å². The number of hydrogen-bond donors (Lipinski definition) is 6. The lowest BCUT2D eigenvalue weighted by molar-refractivity contribution is -0.126. The molecule has 1 atom stereocenters. The standard InChI is InChI=1S/C43H79N5O8/c1-7-42(51)46-25-24-44-38(4)34-55-32-30-54-29-27-47-43(52)35-56-33-31-53-28-26-45-36(2)22-23-41(40(6)50)48-37(3)20-18-16-14-12-10-8-9-11-13-15-17-19-21-39(5)49/h41,44-45,48-49H,2-5,7-35H2,1,6H3,(H,46,51)(H,47,52)/t41-/m0/s1. The topological polar surface area (TPSA) is 169 Å². The Kier molecular flexibility index (Phi) is 36.2. The van der Waals surface area contributed by atoms with Crippen LogP contribution in [0.5, 0.6) is 0 Å². The average Bonchev–Trinajstić information content (AvgIpc) is 3.16. The predicted octanol–water partition coefficient (Wildman–Crippen LogP) is 6.28. The van der Waals surface area contributed by atoms with Crippen LogP contribution in [0.4, 0.5) is 0 Å². The van der Waals surface area contributed by atoms with Crippen LogP contribution in [0.25, 0.3) is 0 Å². The Bertz CT molecular complexity index is 1090. The van der Waals surface area contributed by atoms with Gasteiger partial charge in [-0.25, -0.2) is 0 Å². The van der Waals surface area contributed by atoms with E-state index in [-0.39, 0.29) is 30.2 Å². The zero-order chi connectivity index (χ0) is 41.5. The molecule has 0 aromatic heterocycles. The molecule has 0 aliphatic heterocycles. The third kappa shape index (κ3) is 37.5. The Hall–Kier alpha value is -3.39. The van der Waals surface area contributed by atoms with Gasteiger partial charge in [0.25, 0.3) is 0 Å². The molecule has 6 N–H and O–H groups in total. The molecule has 0 bridgehead atoms. The van der Waals surface area contributed by atoms with E-state index in [1.165, 1.54) is 64.2 Å². The summed E-state index contributed by atoms with van der Waals surface area (Å²) in [6.07, 6.45) is 18.2. The van der Waals surface area contributed by atoms with Gasteiger partial charge >= 0.3 is 0 Å². The van der Waals surface area contributed by atoms with Crippen LogP contribution in [0.1, 0.15) is 123 Å². The van der Waals surface area contributed by atoms with E-state index in [9.17, 15) is 14.4 Å². The number of nitrogens with one attached hydrogen (secondary N) is 5. The van der Waals surface area contributed by atoms with Crippen molar-refractivity contribution in [3.05, 3.63) is 49.2 Å². The Morgan fingerprint density at radius 3 is 1.54 bits per heavy atom. The van der Waals surface area contributed by atoms with E-state index < -0.39 is 0 Å². The fourth-order valence-electron chi connectivity index (χ4n) is 5.57. The third-order valence-corrected chi connectivity index (χ3v) is 8.88. The summed E-state index contributed by atoms with van der Waals surface area (Å²) in [5, 5.41) is 24.3. The molecule has 0 aliphatic rings. The normalized spacial score (nSPS) is 11.4. The van der Waals surface area contributed by atoms with Gasteiger partial charge in [-0.15, -0.1) is 0 Å². The zero-order valence-electron chi connectivity index (χ0n) is 35.2. The molecule has 13 nitrogen and oxygen atoms in total. The number of unbranched alkanes of at least 4 members (excludes halogenated alkanes) is 11. The highest BCUT2D eigenvalue weighted by Crippen LogP contribution is 2.15. The number of amides is 2. The molecule has 0 fully saturated rings. The van der Waals surface area contributed by atoms with E-state index in [1.54, 1.807) is 6.92 Å². The van der Waals surface area contributed by atoms with Crippen LogP contribution in [-0.4, -0.2) is 108 Å². The molecule has 0 aromatic rings. The van der Waals surface area contributed by atoms with Crippen molar-refractivity contribution < 1.29 is 38.4 Å². The minimum atomic E-state index is -0.271. The lowest BCUT2D eigenvalue weighted by atomic mass is 10.0. The van der Waals surface area contributed by atoms with Gasteiger partial charge in [0.15, 0.2) is 5.78 Å². The van der Waals surface area contributed by atoms with Gasteiger partial charge < -0.3 is 50.6 Å². The van der Waals surface area contributed by atoms with E-state index in [2.05, 4.69) is 52.9 Å². The fourth-order valence-corrected chi connectivity index (χ4v) is 5.57. The molecule has 0 rings (SSSR count). The van der Waals surface area contributed by atoms with Crippen molar-refractivity contribution in [3.8, 4) is 0 Å². The van der Waals surface area contributed by atoms with Crippen molar-refractivity contribution in [2.45, 2.75) is 129 Å². The number of Topliss-reactive ketones (excluding diaryl/α,β-unsaturated/α-hetero) is 1. The van der Waals surface area contributed by atoms with Crippen molar-refractivity contribution >= 4 is 17.6 Å². The molecule has 13 heteroatoms. The zero-order valence-corrected chi connectivity index (χ0v) is 35.2. The number of carbonyl (C=O) groups excluding carboxylic acids is 3. The second-order valence-corrected chi connectivity index (χ2v) is 14.2. The lowest BCUT2D eigenvalue weighted by Crippen LogP contribution is -2.35. The van der Waals surface area contributed by atoms with Crippen LogP contribution in [0.15, 0.2) is 49.2 Å². The number of hydrogen-bond acceptors (Lipinski definition) is 11. The summed E-state index contributed by atoms with van der Waals surface area (Å²) in [5.41, 5.74) is 2.51. The van der Waals surface area contributed by atoms with Crippen LogP contribution >= 0.6 is 0 Å². The van der Waals surface area contributed by atoms with Crippen molar-refractivity contribution in [1.29, 1.82) is 0 Å². The SMILES string of the molecule is C=C(O)CCCCCCCCCCCCCCC(=C)N[C@@H](CCC(=C)NCCOCCOCC(=O)NCCOCCOCC(=C)NCCNC(=O)CC)C(C)=O. The molecule has 0 aromatic carbocycles. The summed E-state index contributed by atoms with van der Waals surface area (Å²) in [6, 6.07) is -0.271. The van der Waals surface area contributed by atoms with Gasteiger partial charge in [-0.3, -0.25) is 14.4 Å². The lowest BCUT2D eigenvalue weighted by Gasteiger charge is -2.20. The molecule has 0 unspecified atom stereocenters. The number of carbonyl (C=O) groups is 3. The smallest absolute Gasteiger partial charge is 0.246 e. The van der Waals surface area contributed by atoms with E-state index >= 15 is 0 Å². The molecular formula is C43H79N5O8. The van der Waals surface area contributed by atoms with Crippen molar-refractivity contribution in [1.82, 2.24) is 26.6 Å². The molecule has 2 amide bonds. The van der Waals surface area contributed by atoms with Crippen LogP contribution in [-0.2, 0) is 33.3 Å². The number of allylic oxidation sites excluding steroid dienone is 3. The predicted molar refractivity (Wildman–Crippen MR) is 226 cm³/mol. The van der Waals surface area contributed by atoms with E-state index in [1.807, 2.05) is 6.92 Å². The molecular weight excluding hydrogens is 714 g/mol. The minimum Gasteiger partial charge on any atom is -0.513 e. The molecule has 0 spiro atoms. The number of rotatable bonds is 43. The summed E-state index contributed by atoms with van der Waals surface area (Å²) in [4.78, 5) is 35.4. The summed E-state index contributed by atoms with van der Waals surface area (Å²) in [6.45, 7) is 23.8. The van der Waals surface area contributed by atoms with Crippen molar-refractivity contribution in [3.63, 3.8) is 0 Å². The minimum absolute atomic E-state index is 0.0168. The highest BCUT2D eigenvalue weighted by atomic mass is 16.5. The van der Waals surface area contributed by atoms with Gasteiger partial charge in [0, 0.05) is 56.1 Å². The summed E-state index contributed by atoms with van der Waals surface area (Å²) in [7, 11) is 0. The van der Waals surface area contributed by atoms with Gasteiger partial charge in [-0.1, -0.05) is 97.4 Å². The molecule has 0 aliphatic carbocycles. The molecule has 56 heavy (non-hydrogen) atoms.